The van der Waals surface area contributed by atoms with E-state index >= 15 is 0 Å². The molecule has 0 aliphatic heterocycles. The third-order valence-corrected chi connectivity index (χ3v) is 4.89. The summed E-state index contributed by atoms with van der Waals surface area (Å²) in [6, 6.07) is 6.51. The van der Waals surface area contributed by atoms with E-state index in [9.17, 15) is 4.39 Å². The third kappa shape index (κ3) is 3.26. The van der Waals surface area contributed by atoms with Crippen LogP contribution >= 0.6 is 0 Å². The molecule has 1 fully saturated rings. The number of aromatic amines is 2. The number of hydrogen-bond acceptors (Lipinski definition) is 6. The number of benzene rings is 1. The fourth-order valence-corrected chi connectivity index (χ4v) is 3.30. The van der Waals surface area contributed by atoms with Crippen molar-refractivity contribution in [3.63, 3.8) is 0 Å². The highest BCUT2D eigenvalue weighted by Gasteiger charge is 2.25. The molecule has 1 unspecified atom stereocenters. The minimum atomic E-state index is -0.318. The molecular weight excluding hydrogens is 359 g/mol. The summed E-state index contributed by atoms with van der Waals surface area (Å²) in [4.78, 5) is 8.76. The second kappa shape index (κ2) is 6.59. The van der Waals surface area contributed by atoms with Crippen molar-refractivity contribution in [3.8, 4) is 0 Å². The van der Waals surface area contributed by atoms with Gasteiger partial charge in [0.05, 0.1) is 17.8 Å². The van der Waals surface area contributed by atoms with Gasteiger partial charge in [-0.05, 0) is 43.5 Å². The molecule has 1 aliphatic rings. The summed E-state index contributed by atoms with van der Waals surface area (Å²) >= 11 is 0. The Balaban J connectivity index is 1.34. The van der Waals surface area contributed by atoms with Gasteiger partial charge in [0.1, 0.15) is 11.6 Å². The maximum atomic E-state index is 13.9. The van der Waals surface area contributed by atoms with Gasteiger partial charge in [-0.1, -0.05) is 0 Å². The lowest BCUT2D eigenvalue weighted by Gasteiger charge is -2.15. The van der Waals surface area contributed by atoms with Crippen molar-refractivity contribution in [3.05, 3.63) is 53.7 Å². The molecule has 5 rings (SSSR count). The van der Waals surface area contributed by atoms with Crippen molar-refractivity contribution in [2.45, 2.75) is 31.7 Å². The minimum absolute atomic E-state index is 0.210. The van der Waals surface area contributed by atoms with E-state index in [0.717, 1.165) is 22.5 Å². The van der Waals surface area contributed by atoms with Crippen molar-refractivity contribution < 1.29 is 4.39 Å². The molecule has 0 saturated heterocycles. The number of rotatable bonds is 6. The number of halogens is 1. The predicted molar refractivity (Wildman–Crippen MR) is 104 cm³/mol. The van der Waals surface area contributed by atoms with Crippen LogP contribution < -0.4 is 10.6 Å². The van der Waals surface area contributed by atoms with E-state index in [4.69, 9.17) is 0 Å². The van der Waals surface area contributed by atoms with Crippen LogP contribution in [0.15, 0.2) is 36.7 Å². The Hall–Kier alpha value is -3.49. The first-order valence-electron chi connectivity index (χ1n) is 9.20. The Kier molecular flexibility index (Phi) is 3.92. The van der Waals surface area contributed by atoms with E-state index in [-0.39, 0.29) is 11.9 Å². The van der Waals surface area contributed by atoms with Gasteiger partial charge < -0.3 is 10.6 Å². The number of aromatic nitrogens is 6. The summed E-state index contributed by atoms with van der Waals surface area (Å²) in [5, 5.41) is 21.4. The lowest BCUT2D eigenvalue weighted by atomic mass is 10.0. The molecule has 1 aliphatic carbocycles. The average Bonchev–Trinajstić information content (AvgIpc) is 3.24. The molecule has 0 spiro atoms. The quantitative estimate of drug-likeness (QED) is 0.404. The Labute approximate surface area is 160 Å². The molecule has 142 valence electrons. The Bertz CT molecular complexity index is 1130. The van der Waals surface area contributed by atoms with Crippen LogP contribution in [0, 0.1) is 5.82 Å². The van der Waals surface area contributed by atoms with Crippen LogP contribution in [0.3, 0.4) is 0 Å². The fraction of sp³-hybridized carbons (Fsp3) is 0.263. The maximum Gasteiger partial charge on any atom is 0.225 e. The van der Waals surface area contributed by atoms with E-state index in [1.54, 1.807) is 18.5 Å². The smallest absolute Gasteiger partial charge is 0.225 e. The molecule has 1 saturated carbocycles. The van der Waals surface area contributed by atoms with Gasteiger partial charge in [0, 0.05) is 29.3 Å². The maximum absolute atomic E-state index is 13.9. The van der Waals surface area contributed by atoms with Crippen LogP contribution in [0.25, 0.3) is 10.9 Å². The molecule has 1 atom stereocenters. The summed E-state index contributed by atoms with van der Waals surface area (Å²) in [5.74, 6) is 2.09. The first kappa shape index (κ1) is 16.7. The monoisotopic (exact) mass is 378 g/mol. The molecule has 1 aromatic carbocycles. The summed E-state index contributed by atoms with van der Waals surface area (Å²) in [7, 11) is 0. The molecule has 0 radical (unpaired) electrons. The highest BCUT2D eigenvalue weighted by atomic mass is 19.1. The van der Waals surface area contributed by atoms with Gasteiger partial charge in [0.2, 0.25) is 5.95 Å². The molecule has 28 heavy (non-hydrogen) atoms. The van der Waals surface area contributed by atoms with E-state index < -0.39 is 0 Å². The Morgan fingerprint density at radius 1 is 1.18 bits per heavy atom. The highest BCUT2D eigenvalue weighted by Crippen LogP contribution is 2.39. The SMILES string of the molecule is CC(Nc1nccc(Nc2cc(C3CC3)[nH]n2)n1)c1cc(F)cc2[nH]ncc12. The summed E-state index contributed by atoms with van der Waals surface area (Å²) in [6.45, 7) is 1.93. The van der Waals surface area contributed by atoms with Crippen LogP contribution in [-0.2, 0) is 0 Å². The number of anilines is 3. The lowest BCUT2D eigenvalue weighted by Crippen LogP contribution is -2.10. The normalized spacial score (nSPS) is 14.9. The van der Waals surface area contributed by atoms with Crippen LogP contribution in [0.1, 0.15) is 43.0 Å². The average molecular weight is 378 g/mol. The first-order chi connectivity index (χ1) is 13.7. The van der Waals surface area contributed by atoms with Crippen molar-refractivity contribution >= 4 is 28.5 Å². The molecule has 4 N–H and O–H groups in total. The molecule has 0 amide bonds. The van der Waals surface area contributed by atoms with Crippen molar-refractivity contribution in [2.24, 2.45) is 0 Å². The van der Waals surface area contributed by atoms with Gasteiger partial charge in [0.15, 0.2) is 5.82 Å². The largest absolute Gasteiger partial charge is 0.348 e. The molecular formula is C19H19FN8. The highest BCUT2D eigenvalue weighted by molar-refractivity contribution is 5.82. The van der Waals surface area contributed by atoms with Gasteiger partial charge in [-0.15, -0.1) is 0 Å². The van der Waals surface area contributed by atoms with Crippen molar-refractivity contribution in [2.75, 3.05) is 10.6 Å². The van der Waals surface area contributed by atoms with Gasteiger partial charge in [-0.3, -0.25) is 10.2 Å². The number of hydrogen-bond donors (Lipinski definition) is 4. The zero-order chi connectivity index (χ0) is 19.1. The Morgan fingerprint density at radius 2 is 2.07 bits per heavy atom. The number of nitrogens with zero attached hydrogens (tertiary/aromatic N) is 4. The number of fused-ring (bicyclic) bond motifs is 1. The van der Waals surface area contributed by atoms with E-state index in [1.165, 1.54) is 25.0 Å². The molecule has 9 heteroatoms. The second-order valence-electron chi connectivity index (χ2n) is 7.07. The zero-order valence-electron chi connectivity index (χ0n) is 15.2. The standard InChI is InChI=1S/C19H19FN8/c1-10(13-6-12(20)7-16-14(13)9-22-26-16)23-19-21-5-4-17(25-19)24-18-8-15(27-28-18)11-2-3-11/h4-11H,2-3H2,1H3,(H,22,26)(H3,21,23,24,25,27,28). The Morgan fingerprint density at radius 3 is 2.93 bits per heavy atom. The van der Waals surface area contributed by atoms with Gasteiger partial charge in [-0.25, -0.2) is 9.37 Å². The van der Waals surface area contributed by atoms with Crippen LogP contribution in [0.5, 0.6) is 0 Å². The van der Waals surface area contributed by atoms with Crippen LogP contribution in [0.4, 0.5) is 22.0 Å². The fourth-order valence-electron chi connectivity index (χ4n) is 3.30. The van der Waals surface area contributed by atoms with Crippen molar-refractivity contribution in [1.82, 2.24) is 30.4 Å². The molecule has 4 aromatic rings. The van der Waals surface area contributed by atoms with Crippen LogP contribution in [-0.4, -0.2) is 30.4 Å². The molecule has 0 bridgehead atoms. The van der Waals surface area contributed by atoms with E-state index in [2.05, 4.69) is 41.0 Å². The topological polar surface area (TPSA) is 107 Å². The van der Waals surface area contributed by atoms with Gasteiger partial charge in [-0.2, -0.15) is 15.2 Å². The van der Waals surface area contributed by atoms with Gasteiger partial charge >= 0.3 is 0 Å². The van der Waals surface area contributed by atoms with Crippen molar-refractivity contribution in [1.29, 1.82) is 0 Å². The first-order valence-corrected chi connectivity index (χ1v) is 9.20. The molecule has 3 heterocycles. The predicted octanol–water partition coefficient (Wildman–Crippen LogP) is 4.01. The second-order valence-corrected chi connectivity index (χ2v) is 7.07. The van der Waals surface area contributed by atoms with E-state index in [1.807, 2.05) is 13.0 Å². The number of H-pyrrole nitrogens is 2. The summed E-state index contributed by atoms with van der Waals surface area (Å²) in [6.07, 6.45) is 5.78. The number of nitrogens with one attached hydrogen (secondary N) is 4. The zero-order valence-corrected chi connectivity index (χ0v) is 15.2. The van der Waals surface area contributed by atoms with Crippen LogP contribution in [0.2, 0.25) is 0 Å². The summed E-state index contributed by atoms with van der Waals surface area (Å²) < 4.78 is 13.9. The minimum Gasteiger partial charge on any atom is -0.348 e. The third-order valence-electron chi connectivity index (χ3n) is 4.89. The summed E-state index contributed by atoms with van der Waals surface area (Å²) in [5.41, 5.74) is 2.59. The molecule has 3 aromatic heterocycles. The lowest BCUT2D eigenvalue weighted by molar-refractivity contribution is 0.625. The van der Waals surface area contributed by atoms with E-state index in [0.29, 0.717) is 23.2 Å². The molecule has 8 nitrogen and oxygen atoms in total. The van der Waals surface area contributed by atoms with Gasteiger partial charge in [0.25, 0.3) is 0 Å².